The first-order valence-corrected chi connectivity index (χ1v) is 5.51. The van der Waals surface area contributed by atoms with Gasteiger partial charge in [0.15, 0.2) is 9.84 Å². The molecule has 1 fully saturated rings. The van der Waals surface area contributed by atoms with Crippen LogP contribution in [0.5, 0.6) is 0 Å². The lowest BCUT2D eigenvalue weighted by Crippen LogP contribution is -2.20. The van der Waals surface area contributed by atoms with Gasteiger partial charge in [0.25, 0.3) is 0 Å². The van der Waals surface area contributed by atoms with Gasteiger partial charge in [-0.1, -0.05) is 6.92 Å². The number of terminal acetylenes is 1. The van der Waals surface area contributed by atoms with Crippen molar-refractivity contribution in [2.75, 3.05) is 5.75 Å². The SMILES string of the molecule is C#CC1CCS(=O)(=O)C1CC. The van der Waals surface area contributed by atoms with E-state index in [-0.39, 0.29) is 16.9 Å². The van der Waals surface area contributed by atoms with Crippen LogP contribution in [0.3, 0.4) is 0 Å². The highest BCUT2D eigenvalue weighted by Crippen LogP contribution is 2.28. The Labute approximate surface area is 67.9 Å². The van der Waals surface area contributed by atoms with Crippen molar-refractivity contribution in [2.24, 2.45) is 5.92 Å². The Balaban J connectivity index is 2.91. The van der Waals surface area contributed by atoms with Crippen molar-refractivity contribution in [2.45, 2.75) is 25.0 Å². The van der Waals surface area contributed by atoms with E-state index in [4.69, 9.17) is 6.42 Å². The van der Waals surface area contributed by atoms with Crippen molar-refractivity contribution < 1.29 is 8.42 Å². The van der Waals surface area contributed by atoms with Gasteiger partial charge in [-0.15, -0.1) is 12.3 Å². The van der Waals surface area contributed by atoms with Crippen LogP contribution in [-0.4, -0.2) is 19.4 Å². The molecule has 2 unspecified atom stereocenters. The maximum Gasteiger partial charge on any atom is 0.154 e. The summed E-state index contributed by atoms with van der Waals surface area (Å²) in [5, 5.41) is -0.271. The first-order chi connectivity index (χ1) is 5.11. The number of rotatable bonds is 1. The van der Waals surface area contributed by atoms with Crippen molar-refractivity contribution in [1.82, 2.24) is 0 Å². The summed E-state index contributed by atoms with van der Waals surface area (Å²) in [6.07, 6.45) is 6.51. The minimum absolute atomic E-state index is 0.0370. The molecule has 1 aliphatic rings. The van der Waals surface area contributed by atoms with Gasteiger partial charge < -0.3 is 0 Å². The van der Waals surface area contributed by atoms with Crippen LogP contribution in [0.2, 0.25) is 0 Å². The second-order valence-electron chi connectivity index (χ2n) is 2.88. The van der Waals surface area contributed by atoms with Gasteiger partial charge in [0.2, 0.25) is 0 Å². The van der Waals surface area contributed by atoms with Gasteiger partial charge in [0, 0.05) is 5.92 Å². The molecule has 2 nitrogen and oxygen atoms in total. The molecule has 0 aromatic carbocycles. The van der Waals surface area contributed by atoms with Crippen LogP contribution < -0.4 is 0 Å². The van der Waals surface area contributed by atoms with E-state index in [1.165, 1.54) is 0 Å². The minimum Gasteiger partial charge on any atom is -0.229 e. The zero-order chi connectivity index (χ0) is 8.48. The van der Waals surface area contributed by atoms with Gasteiger partial charge in [0.05, 0.1) is 11.0 Å². The van der Waals surface area contributed by atoms with E-state index < -0.39 is 9.84 Å². The zero-order valence-corrected chi connectivity index (χ0v) is 7.39. The summed E-state index contributed by atoms with van der Waals surface area (Å²) >= 11 is 0. The van der Waals surface area contributed by atoms with E-state index in [0.717, 1.165) is 0 Å². The van der Waals surface area contributed by atoms with Crippen molar-refractivity contribution >= 4 is 9.84 Å². The third-order valence-electron chi connectivity index (χ3n) is 2.24. The molecule has 1 rings (SSSR count). The van der Waals surface area contributed by atoms with Gasteiger partial charge in [-0.3, -0.25) is 0 Å². The van der Waals surface area contributed by atoms with E-state index in [1.54, 1.807) is 0 Å². The van der Waals surface area contributed by atoms with Crippen LogP contribution in [-0.2, 0) is 9.84 Å². The molecule has 0 spiro atoms. The average molecular weight is 172 g/mol. The molecule has 0 aliphatic carbocycles. The Bertz CT molecular complexity index is 271. The largest absolute Gasteiger partial charge is 0.229 e. The van der Waals surface area contributed by atoms with Crippen LogP contribution in [0.1, 0.15) is 19.8 Å². The van der Waals surface area contributed by atoms with Gasteiger partial charge in [-0.25, -0.2) is 8.42 Å². The fraction of sp³-hybridized carbons (Fsp3) is 0.750. The zero-order valence-electron chi connectivity index (χ0n) is 6.58. The summed E-state index contributed by atoms with van der Waals surface area (Å²) in [6.45, 7) is 1.87. The molecule has 0 aromatic rings. The minimum atomic E-state index is -2.84. The summed E-state index contributed by atoms with van der Waals surface area (Å²) in [7, 11) is -2.84. The molecule has 1 aliphatic heterocycles. The highest BCUT2D eigenvalue weighted by atomic mass is 32.2. The molecule has 1 saturated heterocycles. The number of hydrogen-bond acceptors (Lipinski definition) is 2. The molecule has 2 atom stereocenters. The molecule has 0 N–H and O–H groups in total. The summed E-state index contributed by atoms with van der Waals surface area (Å²) in [4.78, 5) is 0. The lowest BCUT2D eigenvalue weighted by Gasteiger charge is -2.09. The second kappa shape index (κ2) is 2.86. The summed E-state index contributed by atoms with van der Waals surface area (Å²) in [5.74, 6) is 2.78. The summed E-state index contributed by atoms with van der Waals surface area (Å²) < 4.78 is 22.5. The second-order valence-corrected chi connectivity index (χ2v) is 5.21. The maximum atomic E-state index is 11.3. The predicted octanol–water partition coefficient (Wildman–Crippen LogP) is 0.833. The molecule has 0 aromatic heterocycles. The number of hydrogen-bond donors (Lipinski definition) is 0. The van der Waals surface area contributed by atoms with Crippen molar-refractivity contribution in [3.05, 3.63) is 0 Å². The molecule has 0 saturated carbocycles. The smallest absolute Gasteiger partial charge is 0.154 e. The lowest BCUT2D eigenvalue weighted by molar-refractivity contribution is 0.569. The van der Waals surface area contributed by atoms with Gasteiger partial charge in [-0.2, -0.15) is 0 Å². The standard InChI is InChI=1S/C8H12O2S/c1-3-7-5-6-11(9,10)8(7)4-2/h1,7-8H,4-6H2,2H3. The van der Waals surface area contributed by atoms with E-state index in [9.17, 15) is 8.42 Å². The van der Waals surface area contributed by atoms with Crippen LogP contribution in [0.4, 0.5) is 0 Å². The lowest BCUT2D eigenvalue weighted by atomic mass is 10.0. The van der Waals surface area contributed by atoms with Gasteiger partial charge in [-0.05, 0) is 12.8 Å². The maximum absolute atomic E-state index is 11.3. The van der Waals surface area contributed by atoms with Gasteiger partial charge >= 0.3 is 0 Å². The van der Waals surface area contributed by atoms with Crippen LogP contribution in [0.25, 0.3) is 0 Å². The third kappa shape index (κ3) is 1.41. The average Bonchev–Trinajstić information content (AvgIpc) is 2.24. The molecule has 3 heteroatoms. The number of sulfone groups is 1. The molecular formula is C8H12O2S. The van der Waals surface area contributed by atoms with Crippen LogP contribution in [0, 0.1) is 18.3 Å². The molecular weight excluding hydrogens is 160 g/mol. The third-order valence-corrected chi connectivity index (χ3v) is 4.63. The molecule has 11 heavy (non-hydrogen) atoms. The molecule has 0 amide bonds. The predicted molar refractivity (Wildman–Crippen MR) is 44.8 cm³/mol. The van der Waals surface area contributed by atoms with E-state index in [0.29, 0.717) is 12.8 Å². The summed E-state index contributed by atoms with van der Waals surface area (Å²) in [5.41, 5.74) is 0. The van der Waals surface area contributed by atoms with Gasteiger partial charge in [0.1, 0.15) is 0 Å². The quantitative estimate of drug-likeness (QED) is 0.549. The monoisotopic (exact) mass is 172 g/mol. The molecule has 0 radical (unpaired) electrons. The Hall–Kier alpha value is -0.490. The van der Waals surface area contributed by atoms with Crippen LogP contribution in [0.15, 0.2) is 0 Å². The molecule has 1 heterocycles. The Morgan fingerprint density at radius 2 is 2.27 bits per heavy atom. The molecule has 0 bridgehead atoms. The fourth-order valence-corrected chi connectivity index (χ4v) is 3.72. The normalized spacial score (nSPS) is 34.9. The Morgan fingerprint density at radius 1 is 1.64 bits per heavy atom. The van der Waals surface area contributed by atoms with Crippen molar-refractivity contribution in [3.8, 4) is 12.3 Å². The highest BCUT2D eigenvalue weighted by Gasteiger charge is 2.37. The van der Waals surface area contributed by atoms with Crippen molar-refractivity contribution in [3.63, 3.8) is 0 Å². The fourth-order valence-electron chi connectivity index (χ4n) is 1.61. The highest BCUT2D eigenvalue weighted by molar-refractivity contribution is 7.92. The Kier molecular flexibility index (Phi) is 2.24. The first kappa shape index (κ1) is 8.61. The van der Waals surface area contributed by atoms with Crippen LogP contribution >= 0.6 is 0 Å². The van der Waals surface area contributed by atoms with Crippen molar-refractivity contribution in [1.29, 1.82) is 0 Å². The van der Waals surface area contributed by atoms with E-state index in [2.05, 4.69) is 5.92 Å². The Morgan fingerprint density at radius 3 is 2.64 bits per heavy atom. The van der Waals surface area contributed by atoms with E-state index in [1.807, 2.05) is 6.92 Å². The first-order valence-electron chi connectivity index (χ1n) is 3.79. The summed E-state index contributed by atoms with van der Waals surface area (Å²) in [6, 6.07) is 0. The topological polar surface area (TPSA) is 34.1 Å². The molecule has 62 valence electrons. The van der Waals surface area contributed by atoms with E-state index >= 15 is 0 Å².